The third-order valence-electron chi connectivity index (χ3n) is 2.75. The van der Waals surface area contributed by atoms with Gasteiger partial charge in [-0.25, -0.2) is 5.06 Å². The zero-order chi connectivity index (χ0) is 10.9. The van der Waals surface area contributed by atoms with Crippen molar-refractivity contribution < 1.29 is 14.7 Å². The van der Waals surface area contributed by atoms with Gasteiger partial charge in [0.1, 0.15) is 5.60 Å². The van der Waals surface area contributed by atoms with Crippen molar-refractivity contribution in [2.75, 3.05) is 6.54 Å². The molecule has 0 aromatic carbocycles. The van der Waals surface area contributed by atoms with E-state index in [1.807, 2.05) is 20.8 Å². The molecular weight excluding hydrogens is 182 g/mol. The van der Waals surface area contributed by atoms with E-state index in [1.165, 1.54) is 5.06 Å². The summed E-state index contributed by atoms with van der Waals surface area (Å²) in [5, 5.41) is 10.4. The quantitative estimate of drug-likeness (QED) is 0.739. The Kier molecular flexibility index (Phi) is 3.17. The molecule has 0 aliphatic carbocycles. The molecule has 1 aliphatic rings. The second kappa shape index (κ2) is 3.87. The molecule has 82 valence electrons. The van der Waals surface area contributed by atoms with Crippen molar-refractivity contribution in [1.29, 1.82) is 0 Å². The largest absolute Gasteiger partial charge is 0.391 e. The van der Waals surface area contributed by atoms with Crippen LogP contribution in [0.15, 0.2) is 0 Å². The predicted molar refractivity (Wildman–Crippen MR) is 52.3 cm³/mol. The monoisotopic (exact) mass is 201 g/mol. The number of hydrogen-bond acceptors (Lipinski definition) is 3. The van der Waals surface area contributed by atoms with E-state index in [4.69, 9.17) is 9.94 Å². The number of nitrogens with zero attached hydrogens (tertiary/aromatic N) is 1. The smallest absolute Gasteiger partial charge is 0.249 e. The van der Waals surface area contributed by atoms with Gasteiger partial charge >= 0.3 is 0 Å². The Morgan fingerprint density at radius 2 is 2.14 bits per heavy atom. The van der Waals surface area contributed by atoms with Crippen LogP contribution < -0.4 is 0 Å². The minimum atomic E-state index is -0.548. The van der Waals surface area contributed by atoms with Crippen molar-refractivity contribution in [3.05, 3.63) is 0 Å². The Morgan fingerprint density at radius 3 is 2.50 bits per heavy atom. The fraction of sp³-hybridized carbons (Fsp3) is 0.900. The van der Waals surface area contributed by atoms with Crippen LogP contribution in [0, 0.1) is 5.92 Å². The first-order valence-corrected chi connectivity index (χ1v) is 5.02. The first kappa shape index (κ1) is 11.5. The minimum Gasteiger partial charge on any atom is -0.391 e. The fourth-order valence-corrected chi connectivity index (χ4v) is 1.41. The third-order valence-corrected chi connectivity index (χ3v) is 2.75. The Bertz CT molecular complexity index is 227. The molecule has 0 aromatic rings. The molecule has 1 N–H and O–H groups in total. The summed E-state index contributed by atoms with van der Waals surface area (Å²) in [5.74, 6) is 0.243. The first-order valence-electron chi connectivity index (χ1n) is 5.02. The molecule has 0 aromatic heterocycles. The van der Waals surface area contributed by atoms with Gasteiger partial charge in [0.15, 0.2) is 0 Å². The van der Waals surface area contributed by atoms with Gasteiger partial charge in [0.25, 0.3) is 0 Å². The summed E-state index contributed by atoms with van der Waals surface area (Å²) in [4.78, 5) is 17.1. The zero-order valence-corrected chi connectivity index (χ0v) is 9.28. The molecule has 4 heteroatoms. The van der Waals surface area contributed by atoms with Gasteiger partial charge in [0.2, 0.25) is 5.91 Å². The summed E-state index contributed by atoms with van der Waals surface area (Å²) in [6, 6.07) is 0. The standard InChI is InChI=1S/C10H19NO3/c1-7(2)10(4)5-9(13)11(14-10)6-8(3)12/h7-8,12H,5-6H2,1-4H3. The summed E-state index contributed by atoms with van der Waals surface area (Å²) in [7, 11) is 0. The summed E-state index contributed by atoms with van der Waals surface area (Å²) in [6.07, 6.45) is -0.148. The van der Waals surface area contributed by atoms with Crippen LogP contribution in [0.2, 0.25) is 0 Å². The van der Waals surface area contributed by atoms with E-state index in [2.05, 4.69) is 0 Å². The highest BCUT2D eigenvalue weighted by Crippen LogP contribution is 2.33. The summed E-state index contributed by atoms with van der Waals surface area (Å²) < 4.78 is 0. The van der Waals surface area contributed by atoms with Crippen molar-refractivity contribution in [3.63, 3.8) is 0 Å². The zero-order valence-electron chi connectivity index (χ0n) is 9.28. The lowest BCUT2D eigenvalue weighted by Gasteiger charge is -2.27. The molecule has 0 spiro atoms. The highest BCUT2D eigenvalue weighted by atomic mass is 16.7. The van der Waals surface area contributed by atoms with Crippen LogP contribution in [-0.2, 0) is 9.63 Å². The number of aliphatic hydroxyl groups excluding tert-OH is 1. The number of aliphatic hydroxyl groups is 1. The second-order valence-electron chi connectivity index (χ2n) is 4.54. The molecule has 14 heavy (non-hydrogen) atoms. The summed E-state index contributed by atoms with van der Waals surface area (Å²) in [5.41, 5.74) is -0.411. The van der Waals surface area contributed by atoms with Gasteiger partial charge < -0.3 is 5.11 Å². The molecule has 1 aliphatic heterocycles. The van der Waals surface area contributed by atoms with E-state index in [0.29, 0.717) is 6.42 Å². The van der Waals surface area contributed by atoms with E-state index >= 15 is 0 Å². The number of β-amino-alcohol motifs (C(OH)–C–C–N with tert-alkyl or cyclic N) is 1. The Balaban J connectivity index is 2.64. The molecule has 2 unspecified atom stereocenters. The average molecular weight is 201 g/mol. The fourth-order valence-electron chi connectivity index (χ4n) is 1.41. The lowest BCUT2D eigenvalue weighted by molar-refractivity contribution is -0.212. The maximum Gasteiger partial charge on any atom is 0.249 e. The number of amides is 1. The van der Waals surface area contributed by atoms with Gasteiger partial charge in [-0.1, -0.05) is 13.8 Å². The number of rotatable bonds is 3. The second-order valence-corrected chi connectivity index (χ2v) is 4.54. The average Bonchev–Trinajstić information content (AvgIpc) is 2.27. The number of hydrogen-bond donors (Lipinski definition) is 1. The summed E-state index contributed by atoms with van der Waals surface area (Å²) >= 11 is 0. The minimum absolute atomic E-state index is 0.0397. The lowest BCUT2D eigenvalue weighted by Crippen LogP contribution is -2.35. The number of carbonyl (C=O) groups excluding carboxylic acids is 1. The Hall–Kier alpha value is -0.610. The molecule has 0 saturated carbocycles. The molecule has 1 fully saturated rings. The highest BCUT2D eigenvalue weighted by molar-refractivity contribution is 5.78. The molecule has 1 saturated heterocycles. The van der Waals surface area contributed by atoms with Crippen LogP contribution in [-0.4, -0.2) is 34.3 Å². The van der Waals surface area contributed by atoms with Crippen molar-refractivity contribution in [1.82, 2.24) is 5.06 Å². The van der Waals surface area contributed by atoms with E-state index in [9.17, 15) is 4.79 Å². The summed E-state index contributed by atoms with van der Waals surface area (Å²) in [6.45, 7) is 7.87. The Morgan fingerprint density at radius 1 is 1.57 bits per heavy atom. The molecule has 0 radical (unpaired) electrons. The van der Waals surface area contributed by atoms with E-state index in [-0.39, 0.29) is 18.4 Å². The molecular formula is C10H19NO3. The van der Waals surface area contributed by atoms with Gasteiger partial charge in [-0.3, -0.25) is 9.63 Å². The van der Waals surface area contributed by atoms with Crippen molar-refractivity contribution in [3.8, 4) is 0 Å². The maximum atomic E-state index is 11.5. The van der Waals surface area contributed by atoms with E-state index in [1.54, 1.807) is 6.92 Å². The molecule has 1 rings (SSSR count). The lowest BCUT2D eigenvalue weighted by atomic mass is 9.90. The number of carbonyl (C=O) groups is 1. The van der Waals surface area contributed by atoms with Gasteiger partial charge in [-0.2, -0.15) is 0 Å². The molecule has 0 bridgehead atoms. The van der Waals surface area contributed by atoms with Gasteiger partial charge in [0.05, 0.1) is 19.1 Å². The van der Waals surface area contributed by atoms with Crippen LogP contribution >= 0.6 is 0 Å². The SMILES string of the molecule is CC(O)CN1OC(C)(C(C)C)CC1=O. The molecule has 2 atom stereocenters. The first-order chi connectivity index (χ1) is 6.35. The number of hydroxylamine groups is 2. The molecule has 4 nitrogen and oxygen atoms in total. The van der Waals surface area contributed by atoms with Crippen LogP contribution in [0.25, 0.3) is 0 Å². The maximum absolute atomic E-state index is 11.5. The van der Waals surface area contributed by atoms with Gasteiger partial charge in [-0.15, -0.1) is 0 Å². The molecule has 1 heterocycles. The van der Waals surface area contributed by atoms with E-state index in [0.717, 1.165) is 0 Å². The van der Waals surface area contributed by atoms with Gasteiger partial charge in [0, 0.05) is 0 Å². The normalized spacial score (nSPS) is 30.1. The molecule has 1 amide bonds. The topological polar surface area (TPSA) is 49.8 Å². The van der Waals surface area contributed by atoms with Gasteiger partial charge in [-0.05, 0) is 19.8 Å². The highest BCUT2D eigenvalue weighted by Gasteiger charge is 2.43. The third kappa shape index (κ3) is 2.25. The van der Waals surface area contributed by atoms with Crippen molar-refractivity contribution in [2.45, 2.75) is 45.8 Å². The van der Waals surface area contributed by atoms with Crippen LogP contribution in [0.1, 0.15) is 34.1 Å². The van der Waals surface area contributed by atoms with Crippen LogP contribution in [0.3, 0.4) is 0 Å². The van der Waals surface area contributed by atoms with Crippen LogP contribution in [0.5, 0.6) is 0 Å². The van der Waals surface area contributed by atoms with E-state index < -0.39 is 11.7 Å². The van der Waals surface area contributed by atoms with Crippen molar-refractivity contribution in [2.24, 2.45) is 5.92 Å². The Labute approximate surface area is 84.8 Å². The van der Waals surface area contributed by atoms with Crippen molar-refractivity contribution >= 4 is 5.91 Å². The van der Waals surface area contributed by atoms with Crippen LogP contribution in [0.4, 0.5) is 0 Å². The predicted octanol–water partition coefficient (Wildman–Crippen LogP) is 0.946.